The summed E-state index contributed by atoms with van der Waals surface area (Å²) in [5.74, 6) is 0. The molecule has 0 atom stereocenters. The zero-order chi connectivity index (χ0) is 18.1. The highest BCUT2D eigenvalue weighted by atomic mass is 14.4. The summed E-state index contributed by atoms with van der Waals surface area (Å²) < 4.78 is 0. The summed E-state index contributed by atoms with van der Waals surface area (Å²) in [6.45, 7) is 8.38. The summed E-state index contributed by atoms with van der Waals surface area (Å²) in [6.07, 6.45) is 6.90. The van der Waals surface area contributed by atoms with Gasteiger partial charge in [0, 0.05) is 5.41 Å². The van der Waals surface area contributed by atoms with Crippen molar-refractivity contribution in [3.63, 3.8) is 0 Å². The van der Waals surface area contributed by atoms with E-state index in [1.807, 2.05) is 12.2 Å². The Kier molecular flexibility index (Phi) is 4.12. The molecule has 0 spiro atoms. The van der Waals surface area contributed by atoms with E-state index in [2.05, 4.69) is 93.2 Å². The molecular formula is C26H24. The van der Waals surface area contributed by atoms with E-state index in [1.165, 1.54) is 38.9 Å². The SMILES string of the molecule is C=CC=CCc1cccc(-c2ccc3c(c2)-c2ccccc2C3(C)C)c1. The molecule has 26 heavy (non-hydrogen) atoms. The number of rotatable bonds is 4. The van der Waals surface area contributed by atoms with Gasteiger partial charge in [-0.3, -0.25) is 0 Å². The third-order valence-electron chi connectivity index (χ3n) is 5.47. The Balaban J connectivity index is 1.77. The number of benzene rings is 3. The lowest BCUT2D eigenvalue weighted by molar-refractivity contribution is 0.660. The van der Waals surface area contributed by atoms with Crippen LogP contribution in [0.2, 0.25) is 0 Å². The van der Waals surface area contributed by atoms with E-state index < -0.39 is 0 Å². The van der Waals surface area contributed by atoms with Crippen LogP contribution in [0.1, 0.15) is 30.5 Å². The molecule has 0 unspecified atom stereocenters. The minimum Gasteiger partial charge on any atom is -0.0991 e. The summed E-state index contributed by atoms with van der Waals surface area (Å²) in [5, 5.41) is 0. The van der Waals surface area contributed by atoms with Crippen LogP contribution < -0.4 is 0 Å². The van der Waals surface area contributed by atoms with Crippen LogP contribution in [-0.2, 0) is 11.8 Å². The first-order valence-electron chi connectivity index (χ1n) is 9.22. The second kappa shape index (κ2) is 6.46. The standard InChI is InChI=1S/C26H24/c1-4-5-6-10-19-11-9-12-20(17-19)21-15-16-25-23(18-21)22-13-7-8-14-24(22)26(25,2)3/h4-9,11-18H,1,10H2,2-3H3. The van der Waals surface area contributed by atoms with Crippen LogP contribution in [0, 0.1) is 0 Å². The lowest BCUT2D eigenvalue weighted by atomic mass is 9.82. The zero-order valence-corrected chi connectivity index (χ0v) is 15.5. The summed E-state index contributed by atoms with van der Waals surface area (Å²) >= 11 is 0. The molecule has 1 aliphatic carbocycles. The lowest BCUT2D eigenvalue weighted by Crippen LogP contribution is -2.14. The van der Waals surface area contributed by atoms with Crippen molar-refractivity contribution in [3.8, 4) is 22.3 Å². The Bertz CT molecular complexity index is 1000. The van der Waals surface area contributed by atoms with E-state index in [0.29, 0.717) is 0 Å². The minimum absolute atomic E-state index is 0.0712. The smallest absolute Gasteiger partial charge is 0.0158 e. The third kappa shape index (κ3) is 2.72. The van der Waals surface area contributed by atoms with Crippen molar-refractivity contribution in [1.82, 2.24) is 0 Å². The molecule has 0 fully saturated rings. The van der Waals surface area contributed by atoms with Gasteiger partial charge in [-0.25, -0.2) is 0 Å². The molecule has 4 rings (SSSR count). The van der Waals surface area contributed by atoms with Gasteiger partial charge < -0.3 is 0 Å². The van der Waals surface area contributed by atoms with Crippen LogP contribution in [0.15, 0.2) is 91.5 Å². The first kappa shape index (κ1) is 16.6. The second-order valence-corrected chi connectivity index (χ2v) is 7.50. The van der Waals surface area contributed by atoms with Crippen molar-refractivity contribution < 1.29 is 0 Å². The monoisotopic (exact) mass is 336 g/mol. The maximum atomic E-state index is 3.73. The Morgan fingerprint density at radius 3 is 2.42 bits per heavy atom. The predicted molar refractivity (Wildman–Crippen MR) is 112 cm³/mol. The fraction of sp³-hybridized carbons (Fsp3) is 0.154. The van der Waals surface area contributed by atoms with Gasteiger partial charge in [0.15, 0.2) is 0 Å². The molecule has 0 N–H and O–H groups in total. The van der Waals surface area contributed by atoms with Crippen molar-refractivity contribution in [3.05, 3.63) is 108 Å². The van der Waals surface area contributed by atoms with E-state index >= 15 is 0 Å². The number of fused-ring (bicyclic) bond motifs is 3. The summed E-state index contributed by atoms with van der Waals surface area (Å²) in [4.78, 5) is 0. The Hall–Kier alpha value is -2.86. The maximum Gasteiger partial charge on any atom is 0.0158 e. The van der Waals surface area contributed by atoms with Gasteiger partial charge in [0.2, 0.25) is 0 Å². The molecule has 0 saturated heterocycles. The highest BCUT2D eigenvalue weighted by molar-refractivity contribution is 5.84. The van der Waals surface area contributed by atoms with Crippen molar-refractivity contribution in [2.75, 3.05) is 0 Å². The normalized spacial score (nSPS) is 14.2. The fourth-order valence-corrected chi connectivity index (χ4v) is 4.08. The Labute approximate surface area is 156 Å². The van der Waals surface area contributed by atoms with Crippen LogP contribution >= 0.6 is 0 Å². The molecule has 0 aliphatic heterocycles. The maximum absolute atomic E-state index is 3.73. The number of hydrogen-bond donors (Lipinski definition) is 0. The van der Waals surface area contributed by atoms with E-state index in [1.54, 1.807) is 0 Å². The molecule has 0 bridgehead atoms. The van der Waals surface area contributed by atoms with Gasteiger partial charge in [-0.2, -0.15) is 0 Å². The highest BCUT2D eigenvalue weighted by Gasteiger charge is 2.34. The van der Waals surface area contributed by atoms with Gasteiger partial charge in [-0.1, -0.05) is 99.3 Å². The Morgan fingerprint density at radius 2 is 1.58 bits per heavy atom. The third-order valence-corrected chi connectivity index (χ3v) is 5.47. The molecule has 128 valence electrons. The number of allylic oxidation sites excluding steroid dienone is 3. The van der Waals surface area contributed by atoms with E-state index in [-0.39, 0.29) is 5.41 Å². The summed E-state index contributed by atoms with van der Waals surface area (Å²) in [5.41, 5.74) is 9.55. The molecule has 0 heterocycles. The van der Waals surface area contributed by atoms with Gasteiger partial charge in [0.1, 0.15) is 0 Å². The molecule has 1 aliphatic rings. The molecular weight excluding hydrogens is 312 g/mol. The van der Waals surface area contributed by atoms with Gasteiger partial charge in [0.25, 0.3) is 0 Å². The summed E-state index contributed by atoms with van der Waals surface area (Å²) in [6, 6.07) is 24.6. The molecule has 0 amide bonds. The van der Waals surface area contributed by atoms with Crippen LogP contribution in [0.25, 0.3) is 22.3 Å². The van der Waals surface area contributed by atoms with Gasteiger partial charge >= 0.3 is 0 Å². The fourth-order valence-electron chi connectivity index (χ4n) is 4.08. The van der Waals surface area contributed by atoms with Crippen molar-refractivity contribution in [2.24, 2.45) is 0 Å². The quantitative estimate of drug-likeness (QED) is 0.452. The summed E-state index contributed by atoms with van der Waals surface area (Å²) in [7, 11) is 0. The Morgan fingerprint density at radius 1 is 0.808 bits per heavy atom. The van der Waals surface area contributed by atoms with Crippen molar-refractivity contribution in [2.45, 2.75) is 25.7 Å². The largest absolute Gasteiger partial charge is 0.0991 e. The molecule has 0 heteroatoms. The molecule has 0 saturated carbocycles. The van der Waals surface area contributed by atoms with Crippen molar-refractivity contribution in [1.29, 1.82) is 0 Å². The minimum atomic E-state index is 0.0712. The molecule has 0 nitrogen and oxygen atoms in total. The first-order chi connectivity index (χ1) is 12.6. The van der Waals surface area contributed by atoms with E-state index in [9.17, 15) is 0 Å². The van der Waals surface area contributed by atoms with Gasteiger partial charge in [0.05, 0.1) is 0 Å². The average Bonchev–Trinajstić information content (AvgIpc) is 2.90. The van der Waals surface area contributed by atoms with E-state index in [4.69, 9.17) is 0 Å². The number of hydrogen-bond acceptors (Lipinski definition) is 0. The highest BCUT2D eigenvalue weighted by Crippen LogP contribution is 2.49. The first-order valence-corrected chi connectivity index (χ1v) is 9.22. The van der Waals surface area contributed by atoms with Gasteiger partial charge in [-0.15, -0.1) is 0 Å². The topological polar surface area (TPSA) is 0 Å². The van der Waals surface area contributed by atoms with Crippen LogP contribution in [-0.4, -0.2) is 0 Å². The average molecular weight is 336 g/mol. The molecule has 3 aromatic rings. The van der Waals surface area contributed by atoms with E-state index in [0.717, 1.165) is 6.42 Å². The molecule has 3 aromatic carbocycles. The van der Waals surface area contributed by atoms with Crippen LogP contribution in [0.3, 0.4) is 0 Å². The molecule has 0 aromatic heterocycles. The van der Waals surface area contributed by atoms with Crippen LogP contribution in [0.5, 0.6) is 0 Å². The lowest BCUT2D eigenvalue weighted by Gasteiger charge is -2.21. The predicted octanol–water partition coefficient (Wildman–Crippen LogP) is 6.94. The second-order valence-electron chi connectivity index (χ2n) is 7.50. The molecule has 0 radical (unpaired) electrons. The zero-order valence-electron chi connectivity index (χ0n) is 15.5. The van der Waals surface area contributed by atoms with Crippen molar-refractivity contribution >= 4 is 0 Å². The van der Waals surface area contributed by atoms with Gasteiger partial charge in [-0.05, 0) is 51.4 Å². The van der Waals surface area contributed by atoms with Crippen LogP contribution in [0.4, 0.5) is 0 Å².